The van der Waals surface area contributed by atoms with Crippen LogP contribution in [0.2, 0.25) is 0 Å². The topological polar surface area (TPSA) is 97.8 Å². The molecule has 3 aromatic carbocycles. The highest BCUT2D eigenvalue weighted by molar-refractivity contribution is 7.57. The van der Waals surface area contributed by atoms with Crippen molar-refractivity contribution in [3.63, 3.8) is 0 Å². The number of oxazole rings is 1. The Morgan fingerprint density at radius 3 is 2.21 bits per heavy atom. The fraction of sp³-hybridized carbons (Fsp3) is 0.212. The molecule has 5 aromatic rings. The van der Waals surface area contributed by atoms with Crippen molar-refractivity contribution in [2.45, 2.75) is 34.0 Å². The van der Waals surface area contributed by atoms with Gasteiger partial charge in [0.15, 0.2) is 0 Å². The van der Waals surface area contributed by atoms with Crippen molar-refractivity contribution in [2.75, 3.05) is 13.2 Å². The van der Waals surface area contributed by atoms with Crippen LogP contribution in [0, 0.1) is 6.92 Å². The Hall–Kier alpha value is -4.43. The molecule has 0 saturated heterocycles. The first-order valence-corrected chi connectivity index (χ1v) is 15.7. The minimum absolute atomic E-state index is 0.265. The van der Waals surface area contributed by atoms with Crippen molar-refractivity contribution in [2.24, 2.45) is 0 Å². The lowest BCUT2D eigenvalue weighted by molar-refractivity contribution is 0.229. The summed E-state index contributed by atoms with van der Waals surface area (Å²) in [5, 5.41) is 4.63. The van der Waals surface area contributed by atoms with E-state index in [0.29, 0.717) is 23.1 Å². The molecule has 222 valence electrons. The molecule has 43 heavy (non-hydrogen) atoms. The van der Waals surface area contributed by atoms with Gasteiger partial charge in [-0.1, -0.05) is 48.5 Å². The zero-order chi connectivity index (χ0) is 30.1. The molecular formula is C33H34N3O6P. The molecule has 2 heterocycles. The van der Waals surface area contributed by atoms with Crippen LogP contribution in [-0.2, 0) is 26.8 Å². The van der Waals surface area contributed by atoms with Gasteiger partial charge in [0.2, 0.25) is 11.8 Å². The van der Waals surface area contributed by atoms with Crippen molar-refractivity contribution in [1.29, 1.82) is 0 Å². The van der Waals surface area contributed by atoms with Gasteiger partial charge < -0.3 is 22.9 Å². The molecule has 0 bridgehead atoms. The van der Waals surface area contributed by atoms with Gasteiger partial charge in [-0.3, -0.25) is 4.57 Å². The third-order valence-corrected chi connectivity index (χ3v) is 8.12. The highest BCUT2D eigenvalue weighted by Crippen LogP contribution is 2.50. The molecule has 0 aliphatic rings. The maximum absolute atomic E-state index is 13.0. The maximum Gasteiger partial charge on any atom is 0.354 e. The van der Waals surface area contributed by atoms with Crippen LogP contribution in [-0.4, -0.2) is 28.0 Å². The van der Waals surface area contributed by atoms with Gasteiger partial charge in [-0.25, -0.2) is 9.67 Å². The van der Waals surface area contributed by atoms with Gasteiger partial charge in [0.25, 0.3) is 0 Å². The van der Waals surface area contributed by atoms with Gasteiger partial charge in [0.05, 0.1) is 24.5 Å². The minimum atomic E-state index is -3.39. The first-order chi connectivity index (χ1) is 21.0. The lowest BCUT2D eigenvalue weighted by atomic mass is 10.2. The zero-order valence-corrected chi connectivity index (χ0v) is 25.3. The van der Waals surface area contributed by atoms with Crippen LogP contribution in [0.15, 0.2) is 101 Å². The second-order valence-corrected chi connectivity index (χ2v) is 11.4. The Morgan fingerprint density at radius 2 is 1.53 bits per heavy atom. The van der Waals surface area contributed by atoms with Crippen LogP contribution in [0.3, 0.4) is 0 Å². The highest BCUT2D eigenvalue weighted by Gasteiger charge is 2.20. The Kier molecular flexibility index (Phi) is 9.89. The Bertz CT molecular complexity index is 1670. The number of aromatic nitrogens is 3. The minimum Gasteiger partial charge on any atom is -0.487 e. The molecule has 0 saturated carbocycles. The Labute approximate surface area is 251 Å². The average Bonchev–Trinajstić information content (AvgIpc) is 3.62. The molecule has 9 nitrogen and oxygen atoms in total. The number of ether oxygens (including phenoxy) is 2. The summed E-state index contributed by atoms with van der Waals surface area (Å²) >= 11 is 0. The van der Waals surface area contributed by atoms with E-state index in [0.717, 1.165) is 28.3 Å². The molecule has 0 aliphatic heterocycles. The molecule has 10 heteroatoms. The molecule has 0 unspecified atom stereocenters. The van der Waals surface area contributed by atoms with Crippen LogP contribution in [0.5, 0.6) is 11.6 Å². The fourth-order valence-corrected chi connectivity index (χ4v) is 5.53. The van der Waals surface area contributed by atoms with E-state index in [1.807, 2.05) is 98.0 Å². The molecule has 0 spiro atoms. The van der Waals surface area contributed by atoms with Crippen LogP contribution < -0.4 is 9.47 Å². The smallest absolute Gasteiger partial charge is 0.354 e. The van der Waals surface area contributed by atoms with Gasteiger partial charge in [-0.15, -0.1) is 5.10 Å². The number of hydrogen-bond acceptors (Lipinski definition) is 8. The number of rotatable bonds is 14. The van der Waals surface area contributed by atoms with E-state index in [1.165, 1.54) is 5.82 Å². The lowest BCUT2D eigenvalue weighted by Gasteiger charge is -2.12. The summed E-state index contributed by atoms with van der Waals surface area (Å²) in [5.74, 6) is 3.84. The predicted octanol–water partition coefficient (Wildman–Crippen LogP) is 8.23. The SMILES string of the molecule is CCOP(=O)(C=Cc1cn(-c2ccccc2)nc1OCc1ccc(OCc2nc(-c3ccccc3)oc2C)cc1)OCC. The number of nitrogens with zero attached hydrogens (tertiary/aromatic N) is 3. The van der Waals surface area contributed by atoms with Gasteiger partial charge in [0, 0.05) is 17.6 Å². The lowest BCUT2D eigenvalue weighted by Crippen LogP contribution is -2.00. The van der Waals surface area contributed by atoms with Gasteiger partial charge in [0.1, 0.15) is 30.4 Å². The van der Waals surface area contributed by atoms with Crippen molar-refractivity contribution >= 4 is 13.7 Å². The van der Waals surface area contributed by atoms with Crippen LogP contribution >= 0.6 is 7.60 Å². The van der Waals surface area contributed by atoms with E-state index in [1.54, 1.807) is 24.6 Å². The van der Waals surface area contributed by atoms with Crippen molar-refractivity contribution in [3.05, 3.63) is 120 Å². The van der Waals surface area contributed by atoms with E-state index in [9.17, 15) is 4.57 Å². The molecule has 0 amide bonds. The van der Waals surface area contributed by atoms with Gasteiger partial charge in [-0.05, 0) is 68.8 Å². The normalized spacial score (nSPS) is 11.7. The zero-order valence-electron chi connectivity index (χ0n) is 24.4. The number of hydrogen-bond donors (Lipinski definition) is 0. The molecular weight excluding hydrogens is 565 g/mol. The van der Waals surface area contributed by atoms with Crippen molar-refractivity contribution < 1.29 is 27.5 Å². The first-order valence-electron chi connectivity index (χ1n) is 14.1. The van der Waals surface area contributed by atoms with Crippen molar-refractivity contribution in [3.8, 4) is 28.8 Å². The maximum atomic E-state index is 13.0. The molecule has 0 N–H and O–H groups in total. The summed E-state index contributed by atoms with van der Waals surface area (Å²) in [5.41, 5.74) is 4.10. The van der Waals surface area contributed by atoms with E-state index in [2.05, 4.69) is 10.1 Å². The molecule has 5 rings (SSSR count). The van der Waals surface area contributed by atoms with Crippen LogP contribution in [0.1, 0.15) is 36.4 Å². The first kappa shape index (κ1) is 30.0. The summed E-state index contributed by atoms with van der Waals surface area (Å²) in [6.45, 7) is 6.52. The quantitative estimate of drug-likeness (QED) is 0.118. The van der Waals surface area contributed by atoms with E-state index < -0.39 is 7.60 Å². The van der Waals surface area contributed by atoms with Gasteiger partial charge >= 0.3 is 7.60 Å². The molecule has 0 aliphatic carbocycles. The Morgan fingerprint density at radius 1 is 0.860 bits per heavy atom. The monoisotopic (exact) mass is 599 g/mol. The number of aryl methyl sites for hydroxylation is 1. The predicted molar refractivity (Wildman–Crippen MR) is 165 cm³/mol. The van der Waals surface area contributed by atoms with E-state index in [-0.39, 0.29) is 26.4 Å². The summed E-state index contributed by atoms with van der Waals surface area (Å²) in [6.07, 6.45) is 3.48. The summed E-state index contributed by atoms with van der Waals surface area (Å²) in [4.78, 5) is 4.60. The summed E-state index contributed by atoms with van der Waals surface area (Å²) in [7, 11) is -3.39. The third-order valence-electron chi connectivity index (χ3n) is 6.37. The third kappa shape index (κ3) is 7.90. The number of para-hydroxylation sites is 1. The standard InChI is InChI=1S/C33H34N3O6P/c1-4-40-43(37,41-5-2)21-20-28-22-36(29-14-10-7-11-15-29)35-33(28)39-23-26-16-18-30(19-17-26)38-24-31-25(3)42-32(34-31)27-12-8-6-9-13-27/h6-22H,4-5,23-24H2,1-3H3. The van der Waals surface area contributed by atoms with E-state index in [4.69, 9.17) is 22.9 Å². The largest absolute Gasteiger partial charge is 0.487 e. The second-order valence-electron chi connectivity index (χ2n) is 9.47. The highest BCUT2D eigenvalue weighted by atomic mass is 31.2. The number of benzene rings is 3. The molecule has 0 fully saturated rings. The summed E-state index contributed by atoms with van der Waals surface area (Å²) < 4.78 is 43.4. The molecule has 0 atom stereocenters. The second kappa shape index (κ2) is 14.2. The van der Waals surface area contributed by atoms with Gasteiger partial charge in [-0.2, -0.15) is 0 Å². The molecule has 2 aromatic heterocycles. The fourth-order valence-electron chi connectivity index (χ4n) is 4.22. The Balaban J connectivity index is 1.26. The van der Waals surface area contributed by atoms with Crippen LogP contribution in [0.4, 0.5) is 0 Å². The van der Waals surface area contributed by atoms with Crippen LogP contribution in [0.25, 0.3) is 23.2 Å². The van der Waals surface area contributed by atoms with Crippen molar-refractivity contribution in [1.82, 2.24) is 14.8 Å². The average molecular weight is 600 g/mol. The van der Waals surface area contributed by atoms with E-state index >= 15 is 0 Å². The summed E-state index contributed by atoms with van der Waals surface area (Å²) in [6, 6.07) is 27.1. The molecule has 0 radical (unpaired) electrons.